The molecule has 4 heteroatoms. The highest BCUT2D eigenvalue weighted by Crippen LogP contribution is 2.33. The van der Waals surface area contributed by atoms with Crippen molar-refractivity contribution in [3.63, 3.8) is 0 Å². The maximum atomic E-state index is 12.6. The molecule has 2 aliphatic rings. The van der Waals surface area contributed by atoms with Gasteiger partial charge in [-0.15, -0.1) is 0 Å². The van der Waals surface area contributed by atoms with Crippen molar-refractivity contribution < 1.29 is 9.21 Å². The molecule has 4 rings (SSSR count). The van der Waals surface area contributed by atoms with Crippen molar-refractivity contribution >= 4 is 22.4 Å². The Kier molecular flexibility index (Phi) is 6.05. The summed E-state index contributed by atoms with van der Waals surface area (Å²) >= 11 is 0. The van der Waals surface area contributed by atoms with Crippen LogP contribution in [0.2, 0.25) is 0 Å². The molecule has 1 aromatic carbocycles. The second kappa shape index (κ2) is 8.69. The topological polar surface area (TPSA) is 36.7 Å². The summed E-state index contributed by atoms with van der Waals surface area (Å²) in [6, 6.07) is 6.39. The number of nitrogens with zero attached hydrogens (tertiary/aromatic N) is 2. The number of amides is 1. The molecule has 0 radical (unpaired) electrons. The van der Waals surface area contributed by atoms with Gasteiger partial charge in [-0.05, 0) is 30.7 Å². The van der Waals surface area contributed by atoms with Crippen LogP contribution in [0, 0.1) is 11.8 Å². The first-order valence-corrected chi connectivity index (χ1v) is 11.1. The molecule has 1 aliphatic heterocycles. The van der Waals surface area contributed by atoms with Gasteiger partial charge < -0.3 is 14.2 Å². The third-order valence-electron chi connectivity index (χ3n) is 7.02. The largest absolute Gasteiger partial charge is 0.471 e. The van der Waals surface area contributed by atoms with Gasteiger partial charge in [0.25, 0.3) is 0 Å². The molecule has 1 saturated carbocycles. The maximum Gasteiger partial charge on any atom is 0.224 e. The number of rotatable bonds is 5. The fraction of sp³-hybridized carbons (Fsp3) is 0.625. The third-order valence-corrected chi connectivity index (χ3v) is 7.02. The lowest BCUT2D eigenvalue weighted by Crippen LogP contribution is -2.48. The molecular weight excluding hydrogens is 348 g/mol. The van der Waals surface area contributed by atoms with Gasteiger partial charge in [-0.3, -0.25) is 4.79 Å². The minimum absolute atomic E-state index is 0.128. The van der Waals surface area contributed by atoms with E-state index in [-0.39, 0.29) is 11.9 Å². The summed E-state index contributed by atoms with van der Waals surface area (Å²) < 4.78 is 5.40. The van der Waals surface area contributed by atoms with Gasteiger partial charge in [0.15, 0.2) is 0 Å². The molecule has 4 nitrogen and oxygen atoms in total. The molecule has 1 aliphatic carbocycles. The van der Waals surface area contributed by atoms with E-state index in [9.17, 15) is 4.79 Å². The lowest BCUT2D eigenvalue weighted by Gasteiger charge is -2.40. The molecule has 0 bridgehead atoms. The average Bonchev–Trinajstić information content (AvgIpc) is 3.19. The van der Waals surface area contributed by atoms with Crippen LogP contribution in [0.4, 0.5) is 5.69 Å². The van der Waals surface area contributed by atoms with Gasteiger partial charge >= 0.3 is 0 Å². The zero-order valence-electron chi connectivity index (χ0n) is 17.4. The molecule has 0 spiro atoms. The Morgan fingerprint density at radius 1 is 1.14 bits per heavy atom. The van der Waals surface area contributed by atoms with Gasteiger partial charge in [0.2, 0.25) is 5.91 Å². The van der Waals surface area contributed by atoms with Crippen molar-refractivity contribution in [2.75, 3.05) is 24.5 Å². The lowest BCUT2D eigenvalue weighted by atomic mass is 9.80. The van der Waals surface area contributed by atoms with Gasteiger partial charge in [-0.2, -0.15) is 0 Å². The van der Waals surface area contributed by atoms with Crippen LogP contribution in [0.1, 0.15) is 58.8 Å². The van der Waals surface area contributed by atoms with Gasteiger partial charge in [0.1, 0.15) is 6.26 Å². The molecule has 2 aromatic rings. The Morgan fingerprint density at radius 3 is 2.61 bits per heavy atom. The number of hydrogen-bond donors (Lipinski definition) is 0. The van der Waals surface area contributed by atoms with E-state index < -0.39 is 0 Å². The summed E-state index contributed by atoms with van der Waals surface area (Å²) in [4.78, 5) is 17.2. The van der Waals surface area contributed by atoms with E-state index in [4.69, 9.17) is 4.42 Å². The molecule has 1 aromatic heterocycles. The molecule has 1 unspecified atom stereocenters. The van der Waals surface area contributed by atoms with E-state index in [1.54, 1.807) is 19.5 Å². The van der Waals surface area contributed by atoms with Crippen LogP contribution in [0.5, 0.6) is 0 Å². The van der Waals surface area contributed by atoms with Gasteiger partial charge in [-0.1, -0.05) is 51.2 Å². The number of benzene rings is 1. The van der Waals surface area contributed by atoms with Crippen LogP contribution in [-0.4, -0.2) is 36.5 Å². The Morgan fingerprint density at radius 2 is 1.89 bits per heavy atom. The van der Waals surface area contributed by atoms with E-state index >= 15 is 0 Å². The zero-order chi connectivity index (χ0) is 19.5. The molecule has 0 N–H and O–H groups in total. The van der Waals surface area contributed by atoms with Crippen molar-refractivity contribution in [1.29, 1.82) is 0 Å². The van der Waals surface area contributed by atoms with E-state index in [0.717, 1.165) is 54.2 Å². The molecule has 2 fully saturated rings. The smallest absolute Gasteiger partial charge is 0.224 e. The van der Waals surface area contributed by atoms with Crippen LogP contribution in [0.3, 0.4) is 0 Å². The molecule has 152 valence electrons. The van der Waals surface area contributed by atoms with Gasteiger partial charge in [0, 0.05) is 43.4 Å². The Hall–Kier alpha value is -1.81. The van der Waals surface area contributed by atoms with Crippen LogP contribution >= 0.6 is 0 Å². The van der Waals surface area contributed by atoms with Gasteiger partial charge in [0.05, 0.1) is 12.0 Å². The van der Waals surface area contributed by atoms with Crippen molar-refractivity contribution in [3.8, 4) is 0 Å². The van der Waals surface area contributed by atoms with Crippen LogP contribution in [0.25, 0.3) is 10.8 Å². The maximum absolute atomic E-state index is 12.6. The highest BCUT2D eigenvalue weighted by molar-refractivity contribution is 6.02. The first-order chi connectivity index (χ1) is 13.6. The molecular formula is C24H34N2O2. The highest BCUT2D eigenvalue weighted by Gasteiger charge is 2.30. The predicted molar refractivity (Wildman–Crippen MR) is 115 cm³/mol. The number of carbonyl (C=O) groups is 1. The first-order valence-electron chi connectivity index (χ1n) is 11.1. The Labute approximate surface area is 168 Å². The predicted octanol–water partition coefficient (Wildman–Crippen LogP) is 5.47. The van der Waals surface area contributed by atoms with E-state index in [0.29, 0.717) is 0 Å². The Bertz CT molecular complexity index is 785. The van der Waals surface area contributed by atoms with Crippen molar-refractivity contribution in [1.82, 2.24) is 4.90 Å². The lowest BCUT2D eigenvalue weighted by molar-refractivity contribution is -0.117. The number of carbonyl (C=O) groups excluding carboxylic acids is 1. The number of piperidine rings is 1. The van der Waals surface area contributed by atoms with Crippen molar-refractivity contribution in [3.05, 3.63) is 30.7 Å². The number of furan rings is 1. The highest BCUT2D eigenvalue weighted by atomic mass is 16.3. The third kappa shape index (κ3) is 4.12. The zero-order valence-corrected chi connectivity index (χ0v) is 17.4. The Balaban J connectivity index is 1.40. The molecule has 1 saturated heterocycles. The minimum Gasteiger partial charge on any atom is -0.471 e. The van der Waals surface area contributed by atoms with E-state index in [1.165, 1.54) is 38.6 Å². The second-order valence-electron chi connectivity index (χ2n) is 8.95. The SMILES string of the molecule is CC(=O)N(c1cccc2cocc12)C1CCN(CC(C)C2CCCCC2)CC1. The minimum atomic E-state index is 0.128. The summed E-state index contributed by atoms with van der Waals surface area (Å²) in [5, 5.41) is 2.09. The number of hydrogen-bond acceptors (Lipinski definition) is 3. The van der Waals surface area contributed by atoms with Crippen LogP contribution in [0.15, 0.2) is 35.1 Å². The first kappa shape index (κ1) is 19.5. The summed E-state index contributed by atoms with van der Waals surface area (Å²) in [6.45, 7) is 7.54. The van der Waals surface area contributed by atoms with Crippen LogP contribution in [-0.2, 0) is 4.79 Å². The monoisotopic (exact) mass is 382 g/mol. The van der Waals surface area contributed by atoms with Gasteiger partial charge in [-0.25, -0.2) is 0 Å². The molecule has 28 heavy (non-hydrogen) atoms. The normalized spacial score (nSPS) is 21.1. The summed E-state index contributed by atoms with van der Waals surface area (Å²) in [6.07, 6.45) is 12.7. The molecule has 1 atom stereocenters. The van der Waals surface area contributed by atoms with E-state index in [2.05, 4.69) is 17.9 Å². The van der Waals surface area contributed by atoms with Crippen LogP contribution < -0.4 is 4.90 Å². The van der Waals surface area contributed by atoms with Crippen molar-refractivity contribution in [2.45, 2.75) is 64.8 Å². The second-order valence-corrected chi connectivity index (χ2v) is 8.95. The number of likely N-dealkylation sites (tertiary alicyclic amines) is 1. The molecule has 2 heterocycles. The fourth-order valence-electron chi connectivity index (χ4n) is 5.43. The summed E-state index contributed by atoms with van der Waals surface area (Å²) in [5.74, 6) is 1.84. The summed E-state index contributed by atoms with van der Waals surface area (Å²) in [5.41, 5.74) is 0.993. The number of anilines is 1. The van der Waals surface area contributed by atoms with E-state index in [1.807, 2.05) is 17.0 Å². The average molecular weight is 383 g/mol. The standard InChI is InChI=1S/C24H34N2O2/c1-18(20-7-4-3-5-8-20)15-25-13-11-22(12-14-25)26(19(2)27)24-10-6-9-21-16-28-17-23(21)24/h6,9-10,16-18,20,22H,3-5,7-8,11-15H2,1-2H3. The summed E-state index contributed by atoms with van der Waals surface area (Å²) in [7, 11) is 0. The van der Waals surface area contributed by atoms with Crippen molar-refractivity contribution in [2.24, 2.45) is 11.8 Å². The molecule has 1 amide bonds. The quantitative estimate of drug-likeness (QED) is 0.688. The fourth-order valence-corrected chi connectivity index (χ4v) is 5.43. The number of fused-ring (bicyclic) bond motifs is 1.